The number of aryl methyl sites for hydroxylation is 1. The molecule has 0 heterocycles. The highest BCUT2D eigenvalue weighted by Gasteiger charge is 2.37. The van der Waals surface area contributed by atoms with Crippen LogP contribution in [0.5, 0.6) is 5.75 Å². The summed E-state index contributed by atoms with van der Waals surface area (Å²) in [5, 5.41) is 0. The van der Waals surface area contributed by atoms with E-state index in [1.54, 1.807) is 0 Å². The zero-order chi connectivity index (χ0) is 34.3. The fourth-order valence-corrected chi connectivity index (χ4v) is 6.76. The minimum atomic E-state index is -3.94. The molecule has 0 unspecified atom stereocenters. The first-order chi connectivity index (χ1) is 23.0. The first-order valence-electron chi connectivity index (χ1n) is 16.9. The summed E-state index contributed by atoms with van der Waals surface area (Å²) >= 11 is 0. The van der Waals surface area contributed by atoms with Crippen molar-refractivity contribution in [2.45, 2.75) is 90.1 Å². The van der Waals surface area contributed by atoms with Crippen molar-refractivity contribution in [1.29, 1.82) is 0 Å². The Labute approximate surface area is 278 Å². The molecule has 0 aromatic heterocycles. The predicted molar refractivity (Wildman–Crippen MR) is 175 cm³/mol. The lowest BCUT2D eigenvalue weighted by molar-refractivity contribution is -0.187. The summed E-state index contributed by atoms with van der Waals surface area (Å²) in [5.41, 5.74) is 0.279. The van der Waals surface area contributed by atoms with Crippen LogP contribution in [0.15, 0.2) is 72.8 Å². The number of unbranched alkanes of at least 4 members (excludes halogenated alkanes) is 3. The maximum atomic E-state index is 15.0. The maximum absolute atomic E-state index is 15.0. The van der Waals surface area contributed by atoms with E-state index in [1.165, 1.54) is 93.8 Å². The van der Waals surface area contributed by atoms with E-state index < -0.39 is 40.8 Å². The molecule has 1 aliphatic rings. The molecule has 1 fully saturated rings. The summed E-state index contributed by atoms with van der Waals surface area (Å²) in [7, 11) is 0. The Balaban J connectivity index is 1.13. The Hall–Kier alpha value is -3.81. The van der Waals surface area contributed by atoms with Crippen molar-refractivity contribution in [1.82, 2.24) is 0 Å². The Bertz CT molecular complexity index is 1640. The van der Waals surface area contributed by atoms with Gasteiger partial charge in [0.25, 0.3) is 0 Å². The number of alkyl halides is 2. The van der Waals surface area contributed by atoms with Crippen molar-refractivity contribution in [2.75, 3.05) is 0 Å². The van der Waals surface area contributed by atoms with Crippen molar-refractivity contribution in [3.05, 3.63) is 113 Å². The van der Waals surface area contributed by atoms with E-state index in [0.29, 0.717) is 35.2 Å². The molecule has 4 aromatic rings. The first kappa shape index (κ1) is 35.5. The molecule has 0 saturated heterocycles. The van der Waals surface area contributed by atoms with Crippen LogP contribution in [0.1, 0.15) is 88.7 Å². The van der Waals surface area contributed by atoms with Gasteiger partial charge in [0.15, 0.2) is 17.5 Å². The van der Waals surface area contributed by atoms with Gasteiger partial charge < -0.3 is 4.74 Å². The highest BCUT2D eigenvalue weighted by atomic mass is 19.3. The monoisotopic (exact) mass is 670 g/mol. The van der Waals surface area contributed by atoms with Crippen molar-refractivity contribution in [2.24, 2.45) is 11.8 Å². The van der Waals surface area contributed by atoms with E-state index in [1.807, 2.05) is 0 Å². The largest absolute Gasteiger partial charge is 0.429 e. The number of halogens is 7. The highest BCUT2D eigenvalue weighted by molar-refractivity contribution is 5.71. The molecule has 0 radical (unpaired) electrons. The van der Waals surface area contributed by atoms with Gasteiger partial charge in [-0.05, 0) is 89.4 Å². The fraction of sp³-hybridized carbons (Fsp3) is 0.400. The molecule has 0 atom stereocenters. The Kier molecular flexibility index (Phi) is 11.9. The van der Waals surface area contributed by atoms with Crippen LogP contribution in [0, 0.1) is 40.9 Å². The van der Waals surface area contributed by atoms with Crippen LogP contribution >= 0.6 is 0 Å². The zero-order valence-corrected chi connectivity index (χ0v) is 27.1. The molecule has 1 nitrogen and oxygen atoms in total. The van der Waals surface area contributed by atoms with Gasteiger partial charge in [-0.1, -0.05) is 101 Å². The molecular formula is C40H41F7O. The Morgan fingerprint density at radius 2 is 1.19 bits per heavy atom. The molecule has 8 heteroatoms. The molecule has 0 spiro atoms. The van der Waals surface area contributed by atoms with Gasteiger partial charge in [-0.15, -0.1) is 0 Å². The standard InChI is InChI=1S/C40H41F7O/c1-2-3-4-7-26-10-12-27(13-11-26)8-5-6-9-28-14-21-34(36(42)22-28)40(46,47)48-32-18-15-29(16-19-32)30-17-20-33(35(41)23-30)31-24-37(43)39(45)38(44)25-31/h14-27H,2-13H2,1H3. The number of rotatable bonds is 14. The zero-order valence-electron chi connectivity index (χ0n) is 27.1. The van der Waals surface area contributed by atoms with Gasteiger partial charge >= 0.3 is 6.11 Å². The van der Waals surface area contributed by atoms with Crippen molar-refractivity contribution in [3.63, 3.8) is 0 Å². The number of hydrogen-bond donors (Lipinski definition) is 0. The van der Waals surface area contributed by atoms with E-state index in [2.05, 4.69) is 6.92 Å². The second kappa shape index (κ2) is 16.1. The minimum Gasteiger partial charge on any atom is -0.429 e. The fourth-order valence-electron chi connectivity index (χ4n) is 6.76. The van der Waals surface area contributed by atoms with E-state index in [4.69, 9.17) is 4.74 Å². The molecule has 4 aromatic carbocycles. The first-order valence-corrected chi connectivity index (χ1v) is 16.9. The lowest BCUT2D eigenvalue weighted by atomic mass is 9.78. The molecule has 0 aliphatic heterocycles. The normalized spacial score (nSPS) is 16.7. The lowest BCUT2D eigenvalue weighted by Crippen LogP contribution is -2.23. The van der Waals surface area contributed by atoms with Gasteiger partial charge in [0.2, 0.25) is 0 Å². The van der Waals surface area contributed by atoms with E-state index in [0.717, 1.165) is 49.3 Å². The predicted octanol–water partition coefficient (Wildman–Crippen LogP) is 12.9. The second-order valence-corrected chi connectivity index (χ2v) is 13.0. The van der Waals surface area contributed by atoms with Crippen LogP contribution in [0.25, 0.3) is 22.3 Å². The summed E-state index contributed by atoms with van der Waals surface area (Å²) in [5.74, 6) is -4.98. The van der Waals surface area contributed by atoms with Gasteiger partial charge in [0.1, 0.15) is 17.4 Å². The van der Waals surface area contributed by atoms with Gasteiger partial charge in [-0.2, -0.15) is 8.78 Å². The van der Waals surface area contributed by atoms with Crippen LogP contribution in [0.3, 0.4) is 0 Å². The Morgan fingerprint density at radius 3 is 1.77 bits per heavy atom. The molecular weight excluding hydrogens is 629 g/mol. The third-order valence-electron chi connectivity index (χ3n) is 9.55. The van der Waals surface area contributed by atoms with Crippen LogP contribution in [0.4, 0.5) is 30.7 Å². The van der Waals surface area contributed by atoms with Crippen LogP contribution < -0.4 is 4.74 Å². The van der Waals surface area contributed by atoms with E-state index in [9.17, 15) is 22.0 Å². The number of hydrogen-bond acceptors (Lipinski definition) is 1. The summed E-state index contributed by atoms with van der Waals surface area (Å²) in [6, 6.07) is 14.4. The number of benzene rings is 4. The SMILES string of the molecule is CCCCCC1CCC(CCCCc2ccc(C(F)(F)Oc3ccc(-c4ccc(-c5cc(F)c(F)c(F)c5)c(F)c4)cc3)c(F)c2)CC1. The third-order valence-corrected chi connectivity index (χ3v) is 9.55. The highest BCUT2D eigenvalue weighted by Crippen LogP contribution is 2.37. The average Bonchev–Trinajstić information content (AvgIpc) is 3.06. The van der Waals surface area contributed by atoms with Crippen molar-refractivity contribution in [3.8, 4) is 28.0 Å². The van der Waals surface area contributed by atoms with Crippen LogP contribution in [-0.2, 0) is 12.5 Å². The Morgan fingerprint density at radius 1 is 0.604 bits per heavy atom. The third kappa shape index (κ3) is 9.00. The smallest absolute Gasteiger partial charge is 0.429 e. The van der Waals surface area contributed by atoms with Gasteiger partial charge in [-0.25, -0.2) is 22.0 Å². The molecule has 0 amide bonds. The van der Waals surface area contributed by atoms with E-state index >= 15 is 8.78 Å². The lowest BCUT2D eigenvalue weighted by Gasteiger charge is -2.28. The molecule has 0 N–H and O–H groups in total. The van der Waals surface area contributed by atoms with Crippen molar-refractivity contribution >= 4 is 0 Å². The summed E-state index contributed by atoms with van der Waals surface area (Å²) in [4.78, 5) is 0. The molecule has 1 aliphatic carbocycles. The molecule has 1 saturated carbocycles. The maximum Gasteiger partial charge on any atom is 0.429 e. The summed E-state index contributed by atoms with van der Waals surface area (Å²) in [6.45, 7) is 2.24. The molecule has 0 bridgehead atoms. The average molecular weight is 671 g/mol. The minimum absolute atomic E-state index is 0.144. The topological polar surface area (TPSA) is 9.23 Å². The van der Waals surface area contributed by atoms with Gasteiger partial charge in [0.05, 0.1) is 5.56 Å². The van der Waals surface area contributed by atoms with Gasteiger partial charge in [-0.3, -0.25) is 0 Å². The van der Waals surface area contributed by atoms with Gasteiger partial charge in [0, 0.05) is 5.56 Å². The van der Waals surface area contributed by atoms with Crippen molar-refractivity contribution < 1.29 is 35.5 Å². The van der Waals surface area contributed by atoms with E-state index in [-0.39, 0.29) is 16.9 Å². The number of ether oxygens (including phenoxy) is 1. The summed E-state index contributed by atoms with van der Waals surface area (Å²) in [6.07, 6.45) is 10.3. The van der Waals surface area contributed by atoms with Crippen LogP contribution in [-0.4, -0.2) is 0 Å². The second-order valence-electron chi connectivity index (χ2n) is 13.0. The molecule has 5 rings (SSSR count). The molecule has 256 valence electrons. The quantitative estimate of drug-likeness (QED) is 0.0737. The van der Waals surface area contributed by atoms with Crippen LogP contribution in [0.2, 0.25) is 0 Å². The molecule has 48 heavy (non-hydrogen) atoms. The summed E-state index contributed by atoms with van der Waals surface area (Å²) < 4.78 is 105.